The zero-order valence-electron chi connectivity index (χ0n) is 21.2. The number of carbonyl (C=O) groups excluding carboxylic acids is 1. The maximum atomic E-state index is 13.6. The average Bonchev–Trinajstić information content (AvgIpc) is 2.86. The number of ether oxygens (including phenoxy) is 1. The van der Waals surface area contributed by atoms with Crippen LogP contribution in [0.1, 0.15) is 75.1 Å². The Kier molecular flexibility index (Phi) is 8.94. The minimum atomic E-state index is -3.59. The Morgan fingerprint density at radius 1 is 1.15 bits per heavy atom. The van der Waals surface area contributed by atoms with Crippen molar-refractivity contribution in [3.05, 3.63) is 64.7 Å². The van der Waals surface area contributed by atoms with Gasteiger partial charge < -0.3 is 4.74 Å². The monoisotopic (exact) mass is 485 g/mol. The van der Waals surface area contributed by atoms with Crippen LogP contribution in [-0.4, -0.2) is 31.8 Å². The molecule has 6 heteroatoms. The molecule has 2 aromatic rings. The van der Waals surface area contributed by atoms with Crippen molar-refractivity contribution in [2.24, 2.45) is 11.8 Å². The lowest BCUT2D eigenvalue weighted by Gasteiger charge is -2.24. The third-order valence-electron chi connectivity index (χ3n) is 6.68. The molecule has 1 aliphatic heterocycles. The Morgan fingerprint density at radius 2 is 1.88 bits per heavy atom. The number of nitrogens with zero attached hydrogens (tertiary/aromatic N) is 1. The second-order valence-corrected chi connectivity index (χ2v) is 12.0. The van der Waals surface area contributed by atoms with Crippen molar-refractivity contribution in [2.45, 2.75) is 77.7 Å². The number of rotatable bonds is 9. The average molecular weight is 486 g/mol. The summed E-state index contributed by atoms with van der Waals surface area (Å²) >= 11 is 0. The van der Waals surface area contributed by atoms with Crippen LogP contribution in [0.2, 0.25) is 0 Å². The van der Waals surface area contributed by atoms with Crippen molar-refractivity contribution in [3.8, 4) is 0 Å². The van der Waals surface area contributed by atoms with E-state index in [9.17, 15) is 13.2 Å². The molecule has 2 aromatic carbocycles. The molecule has 0 bridgehead atoms. The molecule has 5 nitrogen and oxygen atoms in total. The van der Waals surface area contributed by atoms with E-state index in [1.807, 2.05) is 26.0 Å². The fraction of sp³-hybridized carbons (Fsp3) is 0.536. The molecule has 34 heavy (non-hydrogen) atoms. The molecule has 1 aliphatic rings. The third-order valence-corrected chi connectivity index (χ3v) is 8.59. The van der Waals surface area contributed by atoms with Crippen LogP contribution in [0.4, 0.5) is 0 Å². The summed E-state index contributed by atoms with van der Waals surface area (Å²) in [6.07, 6.45) is 3.00. The number of hydrogen-bond donors (Lipinski definition) is 0. The Morgan fingerprint density at radius 3 is 2.59 bits per heavy atom. The van der Waals surface area contributed by atoms with E-state index in [2.05, 4.69) is 39.0 Å². The van der Waals surface area contributed by atoms with Crippen LogP contribution in [0.25, 0.3) is 0 Å². The molecular formula is C28H39NO4S. The Bertz CT molecular complexity index is 1090. The molecule has 0 amide bonds. The van der Waals surface area contributed by atoms with Gasteiger partial charge >= 0.3 is 5.97 Å². The predicted octanol–water partition coefficient (Wildman–Crippen LogP) is 5.85. The fourth-order valence-electron chi connectivity index (χ4n) is 4.75. The quantitative estimate of drug-likeness (QED) is 0.418. The normalized spacial score (nSPS) is 18.8. The molecule has 3 rings (SSSR count). The van der Waals surface area contributed by atoms with E-state index in [1.54, 1.807) is 16.4 Å². The third kappa shape index (κ3) is 6.48. The molecule has 0 aliphatic carbocycles. The molecule has 1 unspecified atom stereocenters. The highest BCUT2D eigenvalue weighted by Gasteiger charge is 2.32. The van der Waals surface area contributed by atoms with Crippen LogP contribution in [-0.2, 0) is 32.5 Å². The van der Waals surface area contributed by atoms with Crippen LogP contribution < -0.4 is 0 Å². The molecule has 1 heterocycles. The molecule has 186 valence electrons. The van der Waals surface area contributed by atoms with Crippen LogP contribution >= 0.6 is 0 Å². The lowest BCUT2D eigenvalue weighted by atomic mass is 9.87. The summed E-state index contributed by atoms with van der Waals surface area (Å²) in [5, 5.41) is 0. The molecule has 0 spiro atoms. The van der Waals surface area contributed by atoms with Crippen molar-refractivity contribution in [2.75, 3.05) is 13.2 Å². The van der Waals surface area contributed by atoms with Crippen molar-refractivity contribution in [1.82, 2.24) is 4.31 Å². The van der Waals surface area contributed by atoms with Gasteiger partial charge in [-0.15, -0.1) is 0 Å². The predicted molar refractivity (Wildman–Crippen MR) is 136 cm³/mol. The topological polar surface area (TPSA) is 63.7 Å². The Balaban J connectivity index is 1.92. The Hall–Kier alpha value is -2.18. The van der Waals surface area contributed by atoms with Crippen LogP contribution in [0.5, 0.6) is 0 Å². The first-order valence-corrected chi connectivity index (χ1v) is 13.9. The lowest BCUT2D eigenvalue weighted by molar-refractivity contribution is -0.143. The Labute approximate surface area is 205 Å². The molecule has 0 N–H and O–H groups in total. The fourth-order valence-corrected chi connectivity index (χ4v) is 6.52. The number of benzene rings is 2. The molecule has 0 fully saturated rings. The number of fused-ring (bicyclic) bond motifs is 1. The van der Waals surface area contributed by atoms with E-state index in [0.29, 0.717) is 36.9 Å². The summed E-state index contributed by atoms with van der Waals surface area (Å²) < 4.78 is 34.0. The van der Waals surface area contributed by atoms with Crippen molar-refractivity contribution in [3.63, 3.8) is 0 Å². The van der Waals surface area contributed by atoms with Gasteiger partial charge in [0.25, 0.3) is 0 Å². The van der Waals surface area contributed by atoms with Gasteiger partial charge in [-0.3, -0.25) is 4.79 Å². The largest absolute Gasteiger partial charge is 0.466 e. The minimum absolute atomic E-state index is 0.0567. The number of sulfonamides is 1. The molecule has 0 aromatic heterocycles. The van der Waals surface area contributed by atoms with E-state index in [4.69, 9.17) is 4.74 Å². The van der Waals surface area contributed by atoms with E-state index in [1.165, 1.54) is 0 Å². The second kappa shape index (κ2) is 11.5. The summed E-state index contributed by atoms with van der Waals surface area (Å²) in [6, 6.07) is 13.6. The minimum Gasteiger partial charge on any atom is -0.466 e. The smallest absolute Gasteiger partial charge is 0.306 e. The number of esters is 1. The van der Waals surface area contributed by atoms with Gasteiger partial charge in [0.2, 0.25) is 10.0 Å². The van der Waals surface area contributed by atoms with Crippen LogP contribution in [0.15, 0.2) is 47.4 Å². The first kappa shape index (κ1) is 26.4. The zero-order valence-corrected chi connectivity index (χ0v) is 22.0. The number of carbonyl (C=O) groups is 1. The molecule has 2 atom stereocenters. The highest BCUT2D eigenvalue weighted by Crippen LogP contribution is 2.32. The highest BCUT2D eigenvalue weighted by molar-refractivity contribution is 7.89. The molecule has 0 radical (unpaired) electrons. The lowest BCUT2D eigenvalue weighted by Crippen LogP contribution is -2.33. The second-order valence-electron chi connectivity index (χ2n) is 10.1. The number of aryl methyl sites for hydroxylation is 1. The molecular weight excluding hydrogens is 446 g/mol. The standard InChI is InChI=1S/C28H39NO4S/c1-6-33-28(30)17-24(13-11-20(2)3)23-14-12-22(5)26(16-23)19-29-18-21(4)15-25-9-7-8-10-27(25)34(29,31)32/h7-10,12,14,16,20-21,24H,6,11,13,15,17-19H2,1-5H3/t21-,24?/m0/s1. The van der Waals surface area contributed by atoms with Crippen molar-refractivity contribution in [1.29, 1.82) is 0 Å². The van der Waals surface area contributed by atoms with Gasteiger partial charge in [-0.1, -0.05) is 63.6 Å². The highest BCUT2D eigenvalue weighted by atomic mass is 32.2. The van der Waals surface area contributed by atoms with Crippen LogP contribution in [0.3, 0.4) is 0 Å². The summed E-state index contributed by atoms with van der Waals surface area (Å²) in [5.41, 5.74) is 4.02. The maximum absolute atomic E-state index is 13.6. The van der Waals surface area contributed by atoms with Gasteiger partial charge in [0.15, 0.2) is 0 Å². The first-order chi connectivity index (χ1) is 16.1. The summed E-state index contributed by atoms with van der Waals surface area (Å²) in [7, 11) is -3.59. The van der Waals surface area contributed by atoms with Gasteiger partial charge in [-0.25, -0.2) is 8.42 Å². The summed E-state index contributed by atoms with van der Waals surface area (Å²) in [4.78, 5) is 12.7. The van der Waals surface area contributed by atoms with E-state index in [-0.39, 0.29) is 17.8 Å². The summed E-state index contributed by atoms with van der Waals surface area (Å²) in [6.45, 7) is 11.5. The molecule has 0 saturated heterocycles. The van der Waals surface area contributed by atoms with Crippen molar-refractivity contribution >= 4 is 16.0 Å². The first-order valence-electron chi connectivity index (χ1n) is 12.4. The van der Waals surface area contributed by atoms with Gasteiger partial charge in [-0.2, -0.15) is 4.31 Å². The molecule has 0 saturated carbocycles. The van der Waals surface area contributed by atoms with E-state index < -0.39 is 10.0 Å². The van der Waals surface area contributed by atoms with Gasteiger partial charge in [0.1, 0.15) is 0 Å². The number of hydrogen-bond acceptors (Lipinski definition) is 4. The van der Waals surface area contributed by atoms with Gasteiger partial charge in [0, 0.05) is 13.1 Å². The van der Waals surface area contributed by atoms with Crippen LogP contribution in [0, 0.1) is 18.8 Å². The van der Waals surface area contributed by atoms with Crippen molar-refractivity contribution < 1.29 is 17.9 Å². The summed E-state index contributed by atoms with van der Waals surface area (Å²) in [5.74, 6) is 0.642. The van der Waals surface area contributed by atoms with Gasteiger partial charge in [-0.05, 0) is 72.8 Å². The van der Waals surface area contributed by atoms with Gasteiger partial charge in [0.05, 0.1) is 17.9 Å². The SMILES string of the molecule is CCOC(=O)CC(CCC(C)C)c1ccc(C)c(CN2C[C@@H](C)Cc3ccccc3S2(=O)=O)c1. The van der Waals surface area contributed by atoms with E-state index >= 15 is 0 Å². The zero-order chi connectivity index (χ0) is 24.9. The maximum Gasteiger partial charge on any atom is 0.306 e. The van der Waals surface area contributed by atoms with E-state index in [0.717, 1.165) is 41.5 Å².